The van der Waals surface area contributed by atoms with Crippen molar-refractivity contribution in [2.75, 3.05) is 33.7 Å². The van der Waals surface area contributed by atoms with Gasteiger partial charge < -0.3 is 9.80 Å². The Morgan fingerprint density at radius 2 is 1.73 bits per heavy atom. The third-order valence-electron chi connectivity index (χ3n) is 3.71. The van der Waals surface area contributed by atoms with Crippen LogP contribution >= 0.6 is 0 Å². The Morgan fingerprint density at radius 3 is 2.09 bits per heavy atom. The summed E-state index contributed by atoms with van der Waals surface area (Å²) in [5.74, 6) is 0.879. The normalized spacial score (nSPS) is 21.0. The molecule has 22 heavy (non-hydrogen) atoms. The SMILES string of the molecule is CC1CC(=O)N(CCN(C)C)C1.O=CC1=CCCC=C1C=O. The van der Waals surface area contributed by atoms with Crippen molar-refractivity contribution in [2.24, 2.45) is 5.92 Å². The first-order valence-electron chi connectivity index (χ1n) is 7.71. The van der Waals surface area contributed by atoms with E-state index in [1.165, 1.54) is 0 Å². The number of carbonyl (C=O) groups is 3. The second-order valence-corrected chi connectivity index (χ2v) is 6.08. The highest BCUT2D eigenvalue weighted by atomic mass is 16.2. The Balaban J connectivity index is 0.000000224. The Hall–Kier alpha value is -1.75. The molecule has 2 aliphatic rings. The number of likely N-dealkylation sites (tertiary alicyclic amines) is 1. The van der Waals surface area contributed by atoms with Crippen LogP contribution in [-0.2, 0) is 14.4 Å². The lowest BCUT2D eigenvalue weighted by Crippen LogP contribution is -2.32. The number of likely N-dealkylation sites (N-methyl/N-ethyl adjacent to an activating group) is 1. The molecule has 1 heterocycles. The van der Waals surface area contributed by atoms with E-state index in [4.69, 9.17) is 0 Å². The minimum Gasteiger partial charge on any atom is -0.341 e. The Morgan fingerprint density at radius 1 is 1.18 bits per heavy atom. The van der Waals surface area contributed by atoms with Gasteiger partial charge in [0.2, 0.25) is 5.91 Å². The van der Waals surface area contributed by atoms with Crippen LogP contribution in [0, 0.1) is 5.92 Å². The fraction of sp³-hybridized carbons (Fsp3) is 0.588. The van der Waals surface area contributed by atoms with Crippen LogP contribution < -0.4 is 0 Å². The van der Waals surface area contributed by atoms with E-state index in [0.29, 0.717) is 23.0 Å². The van der Waals surface area contributed by atoms with Crippen molar-refractivity contribution in [3.05, 3.63) is 23.3 Å². The molecule has 5 heteroatoms. The number of carbonyl (C=O) groups excluding carboxylic acids is 3. The topological polar surface area (TPSA) is 57.7 Å². The molecule has 1 aliphatic carbocycles. The summed E-state index contributed by atoms with van der Waals surface area (Å²) in [5, 5.41) is 0. The van der Waals surface area contributed by atoms with Gasteiger partial charge in [-0.3, -0.25) is 14.4 Å². The number of rotatable bonds is 5. The van der Waals surface area contributed by atoms with E-state index in [0.717, 1.165) is 51.5 Å². The number of nitrogens with zero attached hydrogens (tertiary/aromatic N) is 2. The molecule has 1 saturated heterocycles. The van der Waals surface area contributed by atoms with Crippen LogP contribution in [0.5, 0.6) is 0 Å². The zero-order valence-corrected chi connectivity index (χ0v) is 13.7. The molecule has 0 aromatic rings. The summed E-state index contributed by atoms with van der Waals surface area (Å²) in [5.41, 5.74) is 1.06. The van der Waals surface area contributed by atoms with Crippen LogP contribution in [0.4, 0.5) is 0 Å². The number of hydrogen-bond acceptors (Lipinski definition) is 4. The number of aldehydes is 2. The Kier molecular flexibility index (Phi) is 7.74. The molecular formula is C17H26N2O3. The van der Waals surface area contributed by atoms with Gasteiger partial charge in [-0.05, 0) is 32.9 Å². The quantitative estimate of drug-likeness (QED) is 0.721. The first-order valence-corrected chi connectivity index (χ1v) is 7.71. The van der Waals surface area contributed by atoms with Crippen LogP contribution in [0.2, 0.25) is 0 Å². The molecule has 0 radical (unpaired) electrons. The van der Waals surface area contributed by atoms with Crippen molar-refractivity contribution in [1.29, 1.82) is 0 Å². The van der Waals surface area contributed by atoms with E-state index in [1.54, 1.807) is 12.2 Å². The minimum atomic E-state index is 0.323. The van der Waals surface area contributed by atoms with Crippen molar-refractivity contribution in [2.45, 2.75) is 26.2 Å². The van der Waals surface area contributed by atoms with Gasteiger partial charge in [0, 0.05) is 37.2 Å². The highest BCUT2D eigenvalue weighted by Gasteiger charge is 2.25. The molecule has 1 fully saturated rings. The first kappa shape index (κ1) is 18.3. The summed E-state index contributed by atoms with van der Waals surface area (Å²) in [4.78, 5) is 35.9. The average Bonchev–Trinajstić information content (AvgIpc) is 2.83. The highest BCUT2D eigenvalue weighted by Crippen LogP contribution is 2.16. The summed E-state index contributed by atoms with van der Waals surface area (Å²) >= 11 is 0. The minimum absolute atomic E-state index is 0.323. The van der Waals surface area contributed by atoms with Gasteiger partial charge in [-0.25, -0.2) is 0 Å². The van der Waals surface area contributed by atoms with Crippen molar-refractivity contribution < 1.29 is 14.4 Å². The maximum absolute atomic E-state index is 11.3. The van der Waals surface area contributed by atoms with Gasteiger partial charge in [0.25, 0.3) is 0 Å². The van der Waals surface area contributed by atoms with Gasteiger partial charge in [0.05, 0.1) is 0 Å². The average molecular weight is 306 g/mol. The van der Waals surface area contributed by atoms with Crippen molar-refractivity contribution >= 4 is 18.5 Å². The summed E-state index contributed by atoms with van der Waals surface area (Å²) in [6.45, 7) is 4.94. The fourth-order valence-electron chi connectivity index (χ4n) is 2.45. The zero-order chi connectivity index (χ0) is 16.5. The molecule has 0 saturated carbocycles. The summed E-state index contributed by atoms with van der Waals surface area (Å²) in [6, 6.07) is 0. The largest absolute Gasteiger partial charge is 0.341 e. The van der Waals surface area contributed by atoms with E-state index >= 15 is 0 Å². The molecule has 2 rings (SSSR count). The zero-order valence-electron chi connectivity index (χ0n) is 13.7. The smallest absolute Gasteiger partial charge is 0.222 e. The Labute approximate surface area is 132 Å². The predicted molar refractivity (Wildman–Crippen MR) is 86.4 cm³/mol. The molecule has 1 unspecified atom stereocenters. The summed E-state index contributed by atoms with van der Waals surface area (Å²) in [6.07, 6.45) is 7.50. The molecule has 122 valence electrons. The molecule has 1 aliphatic heterocycles. The number of allylic oxidation sites excluding steroid dienone is 4. The molecule has 1 atom stereocenters. The van der Waals surface area contributed by atoms with Crippen LogP contribution in [-0.4, -0.2) is 62.0 Å². The van der Waals surface area contributed by atoms with Crippen LogP contribution in [0.25, 0.3) is 0 Å². The van der Waals surface area contributed by atoms with Crippen LogP contribution in [0.1, 0.15) is 26.2 Å². The molecule has 0 aromatic heterocycles. The van der Waals surface area contributed by atoms with Gasteiger partial charge in [-0.1, -0.05) is 19.1 Å². The third-order valence-corrected chi connectivity index (χ3v) is 3.71. The maximum Gasteiger partial charge on any atom is 0.222 e. The summed E-state index contributed by atoms with van der Waals surface area (Å²) in [7, 11) is 4.06. The molecule has 1 amide bonds. The van der Waals surface area contributed by atoms with Gasteiger partial charge in [0.15, 0.2) is 0 Å². The van der Waals surface area contributed by atoms with Crippen molar-refractivity contribution in [1.82, 2.24) is 9.80 Å². The van der Waals surface area contributed by atoms with Crippen LogP contribution in [0.15, 0.2) is 23.3 Å². The molecule has 0 spiro atoms. The summed E-state index contributed by atoms with van der Waals surface area (Å²) < 4.78 is 0. The molecule has 5 nitrogen and oxygen atoms in total. The van der Waals surface area contributed by atoms with E-state index in [1.807, 2.05) is 19.0 Å². The van der Waals surface area contributed by atoms with E-state index in [2.05, 4.69) is 11.8 Å². The Bertz CT molecular complexity index is 443. The fourth-order valence-corrected chi connectivity index (χ4v) is 2.45. The van der Waals surface area contributed by atoms with Gasteiger partial charge in [-0.15, -0.1) is 0 Å². The van der Waals surface area contributed by atoms with Crippen molar-refractivity contribution in [3.8, 4) is 0 Å². The number of hydrogen-bond donors (Lipinski definition) is 0. The molecule has 0 bridgehead atoms. The third kappa shape index (κ3) is 5.93. The standard InChI is InChI=1S/C9H18N2O.C8H8O2/c1-8-6-9(12)11(7-8)5-4-10(2)3;9-5-7-3-1-2-4-8(7)6-10/h8H,4-7H2,1-3H3;3-6H,1-2H2. The molecular weight excluding hydrogens is 280 g/mol. The highest BCUT2D eigenvalue weighted by molar-refractivity contribution is 5.94. The molecule has 0 N–H and O–H groups in total. The van der Waals surface area contributed by atoms with Gasteiger partial charge in [-0.2, -0.15) is 0 Å². The lowest BCUT2D eigenvalue weighted by atomic mass is 10.0. The molecule has 0 aromatic carbocycles. The second-order valence-electron chi connectivity index (χ2n) is 6.08. The second kappa shape index (κ2) is 9.30. The lowest BCUT2D eigenvalue weighted by molar-refractivity contribution is -0.127. The van der Waals surface area contributed by atoms with Gasteiger partial charge in [0.1, 0.15) is 12.6 Å². The van der Waals surface area contributed by atoms with E-state index in [9.17, 15) is 14.4 Å². The first-order chi connectivity index (χ1) is 10.5. The van der Waals surface area contributed by atoms with E-state index < -0.39 is 0 Å². The number of amides is 1. The maximum atomic E-state index is 11.3. The van der Waals surface area contributed by atoms with Crippen LogP contribution in [0.3, 0.4) is 0 Å². The van der Waals surface area contributed by atoms with E-state index in [-0.39, 0.29) is 0 Å². The lowest BCUT2D eigenvalue weighted by Gasteiger charge is -2.18. The van der Waals surface area contributed by atoms with Gasteiger partial charge >= 0.3 is 0 Å². The predicted octanol–water partition coefficient (Wildman–Crippen LogP) is 1.45. The van der Waals surface area contributed by atoms with Crippen molar-refractivity contribution in [3.63, 3.8) is 0 Å². The monoisotopic (exact) mass is 306 g/mol.